The van der Waals surface area contributed by atoms with E-state index in [0.717, 1.165) is 22.6 Å². The number of aromatic nitrogens is 3. The molecule has 2 heterocycles. The number of fused-ring (bicyclic) bond motifs is 1. The third-order valence-electron chi connectivity index (χ3n) is 2.20. The maximum absolute atomic E-state index is 5.93. The van der Waals surface area contributed by atoms with Crippen LogP contribution in [0.2, 0.25) is 10.0 Å². The van der Waals surface area contributed by atoms with Crippen molar-refractivity contribution in [2.24, 2.45) is 0 Å². The van der Waals surface area contributed by atoms with Gasteiger partial charge in [0, 0.05) is 5.38 Å². The number of rotatable bonds is 1. The number of hydrogen-bond donors (Lipinski definition) is 1. The van der Waals surface area contributed by atoms with E-state index in [1.807, 2.05) is 5.38 Å². The Morgan fingerprint density at radius 3 is 2.75 bits per heavy atom. The van der Waals surface area contributed by atoms with Gasteiger partial charge in [0.1, 0.15) is 5.69 Å². The first-order valence-corrected chi connectivity index (χ1v) is 6.17. The van der Waals surface area contributed by atoms with Crippen molar-refractivity contribution in [2.45, 2.75) is 0 Å². The number of nitrogens with one attached hydrogen (secondary N) is 1. The normalized spacial score (nSPS) is 11.1. The van der Waals surface area contributed by atoms with E-state index >= 15 is 0 Å². The molecule has 0 amide bonds. The molecule has 80 valence electrons. The van der Waals surface area contributed by atoms with Crippen LogP contribution < -0.4 is 0 Å². The zero-order valence-electron chi connectivity index (χ0n) is 7.87. The molecule has 0 atom stereocenters. The number of H-pyrrole nitrogens is 1. The second-order valence-corrected chi connectivity index (χ2v) is 4.78. The summed E-state index contributed by atoms with van der Waals surface area (Å²) >= 11 is 13.4. The third-order valence-corrected chi connectivity index (χ3v) is 3.51. The summed E-state index contributed by atoms with van der Waals surface area (Å²) in [6.07, 6.45) is 0. The average Bonchev–Trinajstić information content (AvgIpc) is 2.86. The molecule has 0 saturated heterocycles. The molecule has 2 aromatic heterocycles. The molecule has 6 heteroatoms. The lowest BCUT2D eigenvalue weighted by Crippen LogP contribution is -1.77. The number of nitrogens with zero attached hydrogens (tertiary/aromatic N) is 2. The third kappa shape index (κ3) is 1.59. The van der Waals surface area contributed by atoms with Gasteiger partial charge >= 0.3 is 0 Å². The van der Waals surface area contributed by atoms with Gasteiger partial charge in [-0.1, -0.05) is 23.2 Å². The van der Waals surface area contributed by atoms with Crippen molar-refractivity contribution in [3.05, 3.63) is 33.1 Å². The van der Waals surface area contributed by atoms with Crippen molar-refractivity contribution < 1.29 is 0 Å². The molecule has 3 nitrogen and oxygen atoms in total. The highest BCUT2D eigenvalue weighted by Crippen LogP contribution is 2.28. The number of benzene rings is 1. The number of aromatic amines is 1. The molecule has 0 radical (unpaired) electrons. The summed E-state index contributed by atoms with van der Waals surface area (Å²) in [5, 5.41) is 2.95. The predicted molar refractivity (Wildman–Crippen MR) is 67.2 cm³/mol. The average molecular weight is 270 g/mol. The molecule has 0 spiro atoms. The second-order valence-electron chi connectivity index (χ2n) is 3.24. The summed E-state index contributed by atoms with van der Waals surface area (Å²) in [6.45, 7) is 0. The monoisotopic (exact) mass is 269 g/mol. The lowest BCUT2D eigenvalue weighted by Gasteiger charge is -1.93. The van der Waals surface area contributed by atoms with Crippen LogP contribution in [0.4, 0.5) is 0 Å². The van der Waals surface area contributed by atoms with Crippen LogP contribution in [0.1, 0.15) is 0 Å². The molecule has 3 rings (SSSR count). The van der Waals surface area contributed by atoms with Crippen LogP contribution in [0.15, 0.2) is 23.0 Å². The molecule has 0 aliphatic carbocycles. The van der Waals surface area contributed by atoms with Gasteiger partial charge in [0.25, 0.3) is 0 Å². The van der Waals surface area contributed by atoms with Crippen LogP contribution in [0.5, 0.6) is 0 Å². The van der Waals surface area contributed by atoms with E-state index in [1.54, 1.807) is 17.6 Å². The maximum atomic E-state index is 5.93. The summed E-state index contributed by atoms with van der Waals surface area (Å²) < 4.78 is 0. The topological polar surface area (TPSA) is 41.6 Å². The molecule has 16 heavy (non-hydrogen) atoms. The first kappa shape index (κ1) is 10.1. The minimum Gasteiger partial charge on any atom is -0.337 e. The standard InChI is InChI=1S/C10H5Cl2N3S/c11-5-1-7-8(2-6(5)12)15-10(14-7)9-3-16-4-13-9/h1-4H,(H,14,15). The fourth-order valence-corrected chi connectivity index (χ4v) is 2.31. The van der Waals surface area contributed by atoms with E-state index in [9.17, 15) is 0 Å². The fourth-order valence-electron chi connectivity index (χ4n) is 1.46. The Morgan fingerprint density at radius 2 is 2.00 bits per heavy atom. The van der Waals surface area contributed by atoms with E-state index in [0.29, 0.717) is 10.0 Å². The summed E-state index contributed by atoms with van der Waals surface area (Å²) in [6, 6.07) is 3.51. The van der Waals surface area contributed by atoms with Crippen LogP contribution in [-0.4, -0.2) is 15.0 Å². The first-order valence-electron chi connectivity index (χ1n) is 4.47. The van der Waals surface area contributed by atoms with Gasteiger partial charge in [0.2, 0.25) is 0 Å². The smallest absolute Gasteiger partial charge is 0.158 e. The Kier molecular flexibility index (Phi) is 2.35. The Hall–Kier alpha value is -1.10. The minimum absolute atomic E-state index is 0.505. The van der Waals surface area contributed by atoms with Crippen molar-refractivity contribution in [2.75, 3.05) is 0 Å². The molecule has 0 unspecified atom stereocenters. The summed E-state index contributed by atoms with van der Waals surface area (Å²) in [5.41, 5.74) is 4.24. The van der Waals surface area contributed by atoms with Crippen LogP contribution in [0.3, 0.4) is 0 Å². The van der Waals surface area contributed by atoms with Gasteiger partial charge in [-0.25, -0.2) is 9.97 Å². The Bertz CT molecular complexity index is 606. The van der Waals surface area contributed by atoms with Crippen LogP contribution in [0.25, 0.3) is 22.6 Å². The summed E-state index contributed by atoms with van der Waals surface area (Å²) in [4.78, 5) is 11.7. The van der Waals surface area contributed by atoms with Gasteiger partial charge in [-0.15, -0.1) is 11.3 Å². The molecular formula is C10H5Cl2N3S. The Morgan fingerprint density at radius 1 is 1.19 bits per heavy atom. The molecule has 1 N–H and O–H groups in total. The van der Waals surface area contributed by atoms with Gasteiger partial charge in [-0.05, 0) is 12.1 Å². The van der Waals surface area contributed by atoms with Crippen molar-refractivity contribution in [3.8, 4) is 11.5 Å². The number of imidazole rings is 1. The first-order chi connectivity index (χ1) is 7.74. The molecule has 1 aromatic carbocycles. The lowest BCUT2D eigenvalue weighted by molar-refractivity contribution is 1.27. The SMILES string of the molecule is Clc1cc2nc(-c3cscn3)[nH]c2cc1Cl. The van der Waals surface area contributed by atoms with Gasteiger partial charge in [0.15, 0.2) is 5.82 Å². The molecule has 0 aliphatic rings. The zero-order chi connectivity index (χ0) is 11.1. The highest BCUT2D eigenvalue weighted by atomic mass is 35.5. The number of thiazole rings is 1. The van der Waals surface area contributed by atoms with E-state index in [1.165, 1.54) is 11.3 Å². The predicted octanol–water partition coefficient (Wildman–Crippen LogP) is 3.99. The van der Waals surface area contributed by atoms with Gasteiger partial charge < -0.3 is 4.98 Å². The molecule has 0 bridgehead atoms. The van der Waals surface area contributed by atoms with Crippen LogP contribution in [0, 0.1) is 0 Å². The van der Waals surface area contributed by atoms with E-state index in [4.69, 9.17) is 23.2 Å². The molecule has 0 saturated carbocycles. The van der Waals surface area contributed by atoms with Crippen molar-refractivity contribution >= 4 is 45.6 Å². The number of halogens is 2. The fraction of sp³-hybridized carbons (Fsp3) is 0. The van der Waals surface area contributed by atoms with Gasteiger partial charge in [-0.2, -0.15) is 0 Å². The van der Waals surface area contributed by atoms with E-state index in [-0.39, 0.29) is 0 Å². The Balaban J connectivity index is 2.23. The highest BCUT2D eigenvalue weighted by Gasteiger charge is 2.09. The molecule has 0 fully saturated rings. The molecular weight excluding hydrogens is 265 g/mol. The van der Waals surface area contributed by atoms with Gasteiger partial charge in [0.05, 0.1) is 26.6 Å². The lowest BCUT2D eigenvalue weighted by atomic mass is 10.3. The minimum atomic E-state index is 0.505. The summed E-state index contributed by atoms with van der Waals surface area (Å²) in [7, 11) is 0. The molecule has 3 aromatic rings. The highest BCUT2D eigenvalue weighted by molar-refractivity contribution is 7.07. The van der Waals surface area contributed by atoms with Crippen LogP contribution >= 0.6 is 34.5 Å². The van der Waals surface area contributed by atoms with E-state index < -0.39 is 0 Å². The van der Waals surface area contributed by atoms with Crippen molar-refractivity contribution in [1.82, 2.24) is 15.0 Å². The second kappa shape index (κ2) is 3.73. The molecule has 0 aliphatic heterocycles. The van der Waals surface area contributed by atoms with Crippen molar-refractivity contribution in [1.29, 1.82) is 0 Å². The zero-order valence-corrected chi connectivity index (χ0v) is 10.2. The quantitative estimate of drug-likeness (QED) is 0.726. The maximum Gasteiger partial charge on any atom is 0.158 e. The van der Waals surface area contributed by atoms with Gasteiger partial charge in [-0.3, -0.25) is 0 Å². The summed E-state index contributed by atoms with van der Waals surface area (Å²) in [5.74, 6) is 0.731. The largest absolute Gasteiger partial charge is 0.337 e. The van der Waals surface area contributed by atoms with E-state index in [2.05, 4.69) is 15.0 Å². The Labute approximate surface area is 105 Å². The van der Waals surface area contributed by atoms with Crippen molar-refractivity contribution in [3.63, 3.8) is 0 Å². The van der Waals surface area contributed by atoms with Crippen LogP contribution in [-0.2, 0) is 0 Å². The number of hydrogen-bond acceptors (Lipinski definition) is 3.